The van der Waals surface area contributed by atoms with Crippen LogP contribution in [-0.2, 0) is 52.8 Å². The zero-order valence-corrected chi connectivity index (χ0v) is 30.4. The number of hydrogen-bond donors (Lipinski definition) is 12. The number of nitrogens with two attached hydrogens (primary N) is 2. The molecule has 0 aliphatic rings. The Bertz CT molecular complexity index is 2070. The fourth-order valence-electron chi connectivity index (χ4n) is 5.73. The summed E-state index contributed by atoms with van der Waals surface area (Å²) in [6.45, 7) is -1.30. The lowest BCUT2D eigenvalue weighted by atomic mass is 10.0. The highest BCUT2D eigenvalue weighted by molar-refractivity contribution is 5.97. The van der Waals surface area contributed by atoms with Crippen molar-refractivity contribution in [2.75, 3.05) is 13.2 Å². The second-order valence-electron chi connectivity index (χ2n) is 13.1. The van der Waals surface area contributed by atoms with E-state index in [9.17, 15) is 48.9 Å². The van der Waals surface area contributed by atoms with Crippen LogP contribution in [0.3, 0.4) is 0 Å². The molecule has 0 fully saturated rings. The van der Waals surface area contributed by atoms with Crippen LogP contribution in [0.25, 0.3) is 10.9 Å². The van der Waals surface area contributed by atoms with Crippen molar-refractivity contribution in [3.8, 4) is 11.5 Å². The number of H-pyrrole nitrogens is 1. The Morgan fingerprint density at radius 2 is 1.14 bits per heavy atom. The Labute approximate surface area is 325 Å². The summed E-state index contributed by atoms with van der Waals surface area (Å²) < 4.78 is 0. The first-order valence-electron chi connectivity index (χ1n) is 17.6. The maximum atomic E-state index is 14.2. The minimum Gasteiger partial charge on any atom is -0.508 e. The quantitative estimate of drug-likeness (QED) is 0.0460. The number of hydrogen-bond acceptors (Lipinski definition) is 11. The molecule has 19 nitrogen and oxygen atoms in total. The Kier molecular flexibility index (Phi) is 15.1. The number of aromatic nitrogens is 1. The fraction of sp³-hybridized carbons (Fsp3) is 0.289. The van der Waals surface area contributed by atoms with Crippen LogP contribution in [0.5, 0.6) is 11.5 Å². The van der Waals surface area contributed by atoms with Gasteiger partial charge < -0.3 is 63.5 Å². The van der Waals surface area contributed by atoms with Gasteiger partial charge in [-0.1, -0.05) is 42.5 Å². The highest BCUT2D eigenvalue weighted by atomic mass is 16.4. The van der Waals surface area contributed by atoms with Crippen molar-refractivity contribution in [1.29, 1.82) is 0 Å². The van der Waals surface area contributed by atoms with E-state index in [0.29, 0.717) is 27.6 Å². The SMILES string of the molecule is NC(=O)C[C@H](NC(=O)[C@H](Cc1c[nH]c2ccccc12)NC(=O)[C@H](Cc1ccc(O)cc1)NC(=O)[C@H](Cc1ccc(O)cc1)NC(=O)CNC(=O)[C@@H](N)CO)C(=O)O. The van der Waals surface area contributed by atoms with Gasteiger partial charge in [0.15, 0.2) is 0 Å². The van der Waals surface area contributed by atoms with E-state index in [0.717, 1.165) is 0 Å². The van der Waals surface area contributed by atoms with E-state index in [1.807, 2.05) is 0 Å². The van der Waals surface area contributed by atoms with Gasteiger partial charge in [-0.2, -0.15) is 0 Å². The Morgan fingerprint density at radius 1 is 0.649 bits per heavy atom. The van der Waals surface area contributed by atoms with Crippen LogP contribution in [0.2, 0.25) is 0 Å². The molecular weight excluding hydrogens is 744 g/mol. The van der Waals surface area contributed by atoms with Gasteiger partial charge in [-0.05, 0) is 47.0 Å². The maximum absolute atomic E-state index is 14.2. The second kappa shape index (κ2) is 20.1. The molecule has 14 N–H and O–H groups in total. The highest BCUT2D eigenvalue weighted by Gasteiger charge is 2.33. The van der Waals surface area contributed by atoms with Crippen LogP contribution in [0.15, 0.2) is 79.0 Å². The standard InChI is InChI=1S/C38H44N8O11/c39-26(19-47)34(52)42-18-33(51)43-28(13-20-5-9-23(48)10-6-20)35(53)44-29(14-21-7-11-24(49)12-8-21)36(54)45-30(37(55)46-31(38(56)57)16-32(40)50)15-22-17-41-27-4-2-1-3-25(22)27/h1-12,17,26,28-31,41,47-49H,13-16,18-19,39H2,(H2,40,50)(H,42,52)(H,43,51)(H,44,53)(H,45,54)(H,46,55)(H,56,57)/t26-,28-,29-,30-,31-/m0/s1. The number of benzene rings is 3. The van der Waals surface area contributed by atoms with E-state index in [1.54, 1.807) is 30.5 Å². The number of nitrogens with one attached hydrogen (secondary N) is 6. The summed E-state index contributed by atoms with van der Waals surface area (Å²) in [6.07, 6.45) is 0.350. The van der Waals surface area contributed by atoms with Gasteiger partial charge in [-0.25, -0.2) is 4.79 Å². The second-order valence-corrected chi connectivity index (χ2v) is 13.1. The van der Waals surface area contributed by atoms with Crippen LogP contribution in [-0.4, -0.2) is 110 Å². The topological polar surface area (TPSA) is 328 Å². The number of carbonyl (C=O) groups excluding carboxylic acids is 6. The molecule has 6 amide bonds. The first kappa shape index (κ1) is 42.7. The largest absolute Gasteiger partial charge is 0.508 e. The highest BCUT2D eigenvalue weighted by Crippen LogP contribution is 2.20. The van der Waals surface area contributed by atoms with Crippen molar-refractivity contribution < 1.29 is 54.0 Å². The first-order chi connectivity index (χ1) is 27.1. The summed E-state index contributed by atoms with van der Waals surface area (Å²) >= 11 is 0. The van der Waals surface area contributed by atoms with E-state index < -0.39 is 91.2 Å². The van der Waals surface area contributed by atoms with Crippen LogP contribution in [0.4, 0.5) is 0 Å². The molecule has 4 rings (SSSR count). The van der Waals surface area contributed by atoms with Gasteiger partial charge in [0.1, 0.15) is 41.7 Å². The van der Waals surface area contributed by atoms with Gasteiger partial charge in [-0.15, -0.1) is 0 Å². The van der Waals surface area contributed by atoms with Crippen LogP contribution < -0.4 is 38.1 Å². The van der Waals surface area contributed by atoms with Crippen LogP contribution in [0.1, 0.15) is 23.1 Å². The van der Waals surface area contributed by atoms with Crippen molar-refractivity contribution >= 4 is 52.3 Å². The van der Waals surface area contributed by atoms with E-state index in [2.05, 4.69) is 31.6 Å². The Hall–Kier alpha value is -6.99. The summed E-state index contributed by atoms with van der Waals surface area (Å²) in [6, 6.07) is 11.2. The van der Waals surface area contributed by atoms with Gasteiger partial charge in [-0.3, -0.25) is 28.8 Å². The van der Waals surface area contributed by atoms with E-state index in [-0.39, 0.29) is 30.8 Å². The number of amides is 6. The minimum absolute atomic E-state index is 0.0621. The molecule has 4 aromatic rings. The van der Waals surface area contributed by atoms with Crippen LogP contribution in [0, 0.1) is 0 Å². The number of aliphatic hydroxyl groups excluding tert-OH is 1. The number of carboxylic acid groups (broad SMARTS) is 1. The van der Waals surface area contributed by atoms with Crippen molar-refractivity contribution in [2.45, 2.75) is 55.9 Å². The molecule has 57 heavy (non-hydrogen) atoms. The number of phenolic OH excluding ortho intramolecular Hbond substituents is 2. The van der Waals surface area contributed by atoms with E-state index in [4.69, 9.17) is 16.6 Å². The number of rotatable bonds is 20. The number of primary amides is 1. The van der Waals surface area contributed by atoms with Crippen molar-refractivity contribution in [3.63, 3.8) is 0 Å². The molecule has 0 aliphatic heterocycles. The molecule has 0 bridgehead atoms. The summed E-state index contributed by atoms with van der Waals surface area (Å²) in [5.41, 5.74) is 12.9. The molecule has 0 saturated carbocycles. The van der Waals surface area contributed by atoms with E-state index in [1.165, 1.54) is 48.5 Å². The molecule has 1 aromatic heterocycles. The average Bonchev–Trinajstić information content (AvgIpc) is 3.59. The molecular formula is C38H44N8O11. The lowest BCUT2D eigenvalue weighted by Gasteiger charge is -2.26. The summed E-state index contributed by atoms with van der Waals surface area (Å²) in [5.74, 6) is -7.09. The molecule has 3 aromatic carbocycles. The third kappa shape index (κ3) is 12.8. The first-order valence-corrected chi connectivity index (χ1v) is 17.6. The minimum atomic E-state index is -1.72. The molecule has 19 heteroatoms. The Balaban J connectivity index is 1.65. The van der Waals surface area contributed by atoms with Gasteiger partial charge in [0.25, 0.3) is 0 Å². The number of carboxylic acids is 1. The monoisotopic (exact) mass is 788 g/mol. The number of carbonyl (C=O) groups is 7. The molecule has 1 heterocycles. The number of aliphatic hydroxyl groups is 1. The Morgan fingerprint density at radius 3 is 1.65 bits per heavy atom. The third-order valence-corrected chi connectivity index (χ3v) is 8.75. The average molecular weight is 789 g/mol. The van der Waals surface area contributed by atoms with Gasteiger partial charge in [0, 0.05) is 36.4 Å². The number of phenols is 2. The molecule has 5 atom stereocenters. The predicted molar refractivity (Wildman–Crippen MR) is 203 cm³/mol. The normalized spacial score (nSPS) is 13.6. The summed E-state index contributed by atoms with van der Waals surface area (Å²) in [4.78, 5) is 93.5. The molecule has 0 radical (unpaired) electrons. The van der Waals surface area contributed by atoms with Gasteiger partial charge in [0.2, 0.25) is 35.4 Å². The zero-order chi connectivity index (χ0) is 41.6. The smallest absolute Gasteiger partial charge is 0.326 e. The molecule has 0 aliphatic carbocycles. The maximum Gasteiger partial charge on any atom is 0.326 e. The summed E-state index contributed by atoms with van der Waals surface area (Å²) in [7, 11) is 0. The summed E-state index contributed by atoms with van der Waals surface area (Å²) in [5, 5.41) is 51.4. The lowest BCUT2D eigenvalue weighted by Crippen LogP contribution is -2.59. The lowest BCUT2D eigenvalue weighted by molar-refractivity contribution is -0.143. The number of aromatic hydroxyl groups is 2. The van der Waals surface area contributed by atoms with E-state index >= 15 is 0 Å². The van der Waals surface area contributed by atoms with Crippen LogP contribution >= 0.6 is 0 Å². The number of aromatic amines is 1. The fourth-order valence-corrected chi connectivity index (χ4v) is 5.73. The predicted octanol–water partition coefficient (Wildman–Crippen LogP) is -2.06. The number of para-hydroxylation sites is 1. The molecule has 0 spiro atoms. The number of aliphatic carboxylic acids is 1. The third-order valence-electron chi connectivity index (χ3n) is 8.75. The van der Waals surface area contributed by atoms with Crippen molar-refractivity contribution in [3.05, 3.63) is 95.7 Å². The molecule has 0 saturated heterocycles. The number of fused-ring (bicyclic) bond motifs is 1. The van der Waals surface area contributed by atoms with Crippen molar-refractivity contribution in [1.82, 2.24) is 31.6 Å². The zero-order valence-electron chi connectivity index (χ0n) is 30.4. The van der Waals surface area contributed by atoms with Gasteiger partial charge in [0.05, 0.1) is 19.6 Å². The molecule has 0 unspecified atom stereocenters. The molecule has 302 valence electrons. The van der Waals surface area contributed by atoms with Crippen molar-refractivity contribution in [2.24, 2.45) is 11.5 Å². The van der Waals surface area contributed by atoms with Gasteiger partial charge >= 0.3 is 5.97 Å².